The maximum absolute atomic E-state index is 12.2. The van der Waals surface area contributed by atoms with Crippen molar-refractivity contribution in [3.8, 4) is 0 Å². The van der Waals surface area contributed by atoms with Gasteiger partial charge in [0.1, 0.15) is 0 Å². The summed E-state index contributed by atoms with van der Waals surface area (Å²) in [6, 6.07) is 0. The standard InChI is InChI=1S/C18H35N5O/c1-19-18(21-16-17(24)23-14-7-4-8-15-23)20-10-9-13-22-11-5-2-3-6-12-22/h2-16H2,1H3,(H2,19,20,21). The Hall–Kier alpha value is -1.30. The van der Waals surface area contributed by atoms with E-state index in [9.17, 15) is 4.79 Å². The summed E-state index contributed by atoms with van der Waals surface area (Å²) in [6.45, 7) is 6.69. The third-order valence-corrected chi connectivity index (χ3v) is 4.98. The molecule has 2 saturated heterocycles. The second kappa shape index (κ2) is 11.3. The highest BCUT2D eigenvalue weighted by Gasteiger charge is 2.16. The molecule has 0 spiro atoms. The van der Waals surface area contributed by atoms with Gasteiger partial charge in [0.25, 0.3) is 0 Å². The van der Waals surface area contributed by atoms with Crippen molar-refractivity contribution in [3.63, 3.8) is 0 Å². The van der Waals surface area contributed by atoms with E-state index >= 15 is 0 Å². The highest BCUT2D eigenvalue weighted by molar-refractivity contribution is 5.86. The molecule has 0 aromatic carbocycles. The fourth-order valence-corrected chi connectivity index (χ4v) is 3.50. The molecule has 2 N–H and O–H groups in total. The highest BCUT2D eigenvalue weighted by Crippen LogP contribution is 2.09. The number of aliphatic imine (C=N–C) groups is 1. The van der Waals surface area contributed by atoms with Gasteiger partial charge in [-0.15, -0.1) is 0 Å². The van der Waals surface area contributed by atoms with Crippen LogP contribution in [0.2, 0.25) is 0 Å². The van der Waals surface area contributed by atoms with Crippen molar-refractivity contribution < 1.29 is 4.79 Å². The summed E-state index contributed by atoms with van der Waals surface area (Å²) in [5.74, 6) is 0.915. The monoisotopic (exact) mass is 337 g/mol. The lowest BCUT2D eigenvalue weighted by molar-refractivity contribution is -0.130. The number of likely N-dealkylation sites (tertiary alicyclic amines) is 2. The van der Waals surface area contributed by atoms with Crippen LogP contribution in [-0.4, -0.2) is 74.5 Å². The van der Waals surface area contributed by atoms with Gasteiger partial charge in [-0.3, -0.25) is 9.79 Å². The Kier molecular flexibility index (Phi) is 8.95. The van der Waals surface area contributed by atoms with Crippen molar-refractivity contribution in [2.45, 2.75) is 51.4 Å². The molecule has 138 valence electrons. The first-order chi connectivity index (χ1) is 11.8. The van der Waals surface area contributed by atoms with Gasteiger partial charge >= 0.3 is 0 Å². The van der Waals surface area contributed by atoms with Crippen LogP contribution in [0.3, 0.4) is 0 Å². The first-order valence-electron chi connectivity index (χ1n) is 9.74. The summed E-state index contributed by atoms with van der Waals surface area (Å²) in [5, 5.41) is 6.47. The molecule has 24 heavy (non-hydrogen) atoms. The Bertz CT molecular complexity index is 385. The van der Waals surface area contributed by atoms with E-state index in [0.29, 0.717) is 6.54 Å². The van der Waals surface area contributed by atoms with E-state index in [-0.39, 0.29) is 5.91 Å². The maximum atomic E-state index is 12.2. The fourth-order valence-electron chi connectivity index (χ4n) is 3.50. The van der Waals surface area contributed by atoms with Crippen LogP contribution in [0.4, 0.5) is 0 Å². The summed E-state index contributed by atoms with van der Waals surface area (Å²) in [6.07, 6.45) is 10.1. The minimum Gasteiger partial charge on any atom is -0.356 e. The average Bonchev–Trinajstić information content (AvgIpc) is 2.90. The summed E-state index contributed by atoms with van der Waals surface area (Å²) < 4.78 is 0. The maximum Gasteiger partial charge on any atom is 0.241 e. The first-order valence-corrected chi connectivity index (χ1v) is 9.74. The van der Waals surface area contributed by atoms with E-state index in [4.69, 9.17) is 0 Å². The molecule has 6 nitrogen and oxygen atoms in total. The van der Waals surface area contributed by atoms with E-state index in [1.807, 2.05) is 4.90 Å². The third kappa shape index (κ3) is 7.07. The van der Waals surface area contributed by atoms with Crippen LogP contribution in [0.1, 0.15) is 51.4 Å². The van der Waals surface area contributed by atoms with E-state index in [0.717, 1.165) is 51.4 Å². The van der Waals surface area contributed by atoms with Crippen LogP contribution in [0.25, 0.3) is 0 Å². The molecular weight excluding hydrogens is 302 g/mol. The molecule has 0 aromatic rings. The number of amides is 1. The molecule has 2 heterocycles. The number of carbonyl (C=O) groups excluding carboxylic acids is 1. The van der Waals surface area contributed by atoms with Gasteiger partial charge in [-0.2, -0.15) is 0 Å². The van der Waals surface area contributed by atoms with Gasteiger partial charge in [-0.05, 0) is 58.2 Å². The predicted molar refractivity (Wildman–Crippen MR) is 99.3 cm³/mol. The first kappa shape index (κ1) is 19.0. The van der Waals surface area contributed by atoms with Crippen molar-refractivity contribution in [1.82, 2.24) is 20.4 Å². The van der Waals surface area contributed by atoms with E-state index in [1.165, 1.54) is 45.2 Å². The van der Waals surface area contributed by atoms with Crippen LogP contribution in [0.5, 0.6) is 0 Å². The molecule has 0 saturated carbocycles. The van der Waals surface area contributed by atoms with Crippen molar-refractivity contribution in [1.29, 1.82) is 0 Å². The van der Waals surface area contributed by atoms with Gasteiger partial charge in [-0.25, -0.2) is 0 Å². The van der Waals surface area contributed by atoms with Crippen molar-refractivity contribution in [2.75, 3.05) is 52.9 Å². The Balaban J connectivity index is 1.57. The number of carbonyl (C=O) groups is 1. The number of hydrogen-bond acceptors (Lipinski definition) is 3. The average molecular weight is 338 g/mol. The van der Waals surface area contributed by atoms with Gasteiger partial charge in [0.15, 0.2) is 5.96 Å². The topological polar surface area (TPSA) is 60.0 Å². The quantitative estimate of drug-likeness (QED) is 0.437. The molecule has 2 fully saturated rings. The lowest BCUT2D eigenvalue weighted by Crippen LogP contribution is -2.46. The summed E-state index contributed by atoms with van der Waals surface area (Å²) in [5.41, 5.74) is 0. The largest absolute Gasteiger partial charge is 0.356 e. The molecular formula is C18H35N5O. The van der Waals surface area contributed by atoms with Crippen LogP contribution < -0.4 is 10.6 Å². The second-order valence-corrected chi connectivity index (χ2v) is 6.90. The summed E-state index contributed by atoms with van der Waals surface area (Å²) >= 11 is 0. The number of piperidine rings is 1. The summed E-state index contributed by atoms with van der Waals surface area (Å²) in [7, 11) is 1.76. The Morgan fingerprint density at radius 3 is 2.21 bits per heavy atom. The third-order valence-electron chi connectivity index (χ3n) is 4.98. The molecule has 2 rings (SSSR count). The van der Waals surface area contributed by atoms with Gasteiger partial charge in [0, 0.05) is 26.7 Å². The van der Waals surface area contributed by atoms with Gasteiger partial charge in [0.05, 0.1) is 6.54 Å². The predicted octanol–water partition coefficient (Wildman–Crippen LogP) is 1.43. The molecule has 0 radical (unpaired) electrons. The van der Waals surface area contributed by atoms with Crippen LogP contribution >= 0.6 is 0 Å². The van der Waals surface area contributed by atoms with Crippen molar-refractivity contribution in [3.05, 3.63) is 0 Å². The number of rotatable bonds is 6. The number of nitrogens with one attached hydrogen (secondary N) is 2. The molecule has 0 aliphatic carbocycles. The Morgan fingerprint density at radius 1 is 0.917 bits per heavy atom. The Morgan fingerprint density at radius 2 is 1.54 bits per heavy atom. The van der Waals surface area contributed by atoms with Crippen LogP contribution in [-0.2, 0) is 4.79 Å². The minimum absolute atomic E-state index is 0.183. The molecule has 0 aromatic heterocycles. The number of guanidine groups is 1. The summed E-state index contributed by atoms with van der Waals surface area (Å²) in [4.78, 5) is 20.9. The molecule has 0 bridgehead atoms. The van der Waals surface area contributed by atoms with Crippen molar-refractivity contribution in [2.24, 2.45) is 4.99 Å². The molecule has 6 heteroatoms. The lowest BCUT2D eigenvalue weighted by atomic mass is 10.1. The SMILES string of the molecule is CN=C(NCCCN1CCCCCC1)NCC(=O)N1CCCCC1. The molecule has 2 aliphatic rings. The van der Waals surface area contributed by atoms with Gasteiger partial charge in [0.2, 0.25) is 5.91 Å². The van der Waals surface area contributed by atoms with Gasteiger partial charge < -0.3 is 20.4 Å². The van der Waals surface area contributed by atoms with Crippen LogP contribution in [0.15, 0.2) is 4.99 Å². The normalized spacial score (nSPS) is 20.5. The fraction of sp³-hybridized carbons (Fsp3) is 0.889. The number of nitrogens with zero attached hydrogens (tertiary/aromatic N) is 3. The molecule has 2 aliphatic heterocycles. The van der Waals surface area contributed by atoms with Crippen LogP contribution in [0, 0.1) is 0 Å². The zero-order valence-electron chi connectivity index (χ0n) is 15.4. The molecule has 0 atom stereocenters. The Labute approximate surface area is 147 Å². The zero-order chi connectivity index (χ0) is 17.0. The molecule has 0 unspecified atom stereocenters. The van der Waals surface area contributed by atoms with E-state index in [1.54, 1.807) is 7.05 Å². The van der Waals surface area contributed by atoms with E-state index < -0.39 is 0 Å². The number of hydrogen-bond donors (Lipinski definition) is 2. The smallest absolute Gasteiger partial charge is 0.241 e. The molecule has 1 amide bonds. The highest BCUT2D eigenvalue weighted by atomic mass is 16.2. The minimum atomic E-state index is 0.183. The zero-order valence-corrected chi connectivity index (χ0v) is 15.4. The van der Waals surface area contributed by atoms with Gasteiger partial charge in [-0.1, -0.05) is 12.8 Å². The van der Waals surface area contributed by atoms with Crippen molar-refractivity contribution >= 4 is 11.9 Å². The van der Waals surface area contributed by atoms with E-state index in [2.05, 4.69) is 20.5 Å². The second-order valence-electron chi connectivity index (χ2n) is 6.90. The lowest BCUT2D eigenvalue weighted by Gasteiger charge is -2.27.